The third-order valence-corrected chi connectivity index (χ3v) is 5.10. The number of aliphatic imine (C=N–C) groups is 1. The number of guanidine groups is 1. The molecule has 31 heavy (non-hydrogen) atoms. The Bertz CT molecular complexity index is 998. The number of hydrogen-bond acceptors (Lipinski definition) is 4. The van der Waals surface area contributed by atoms with Gasteiger partial charge in [0.25, 0.3) is 0 Å². The molecule has 8 nitrogen and oxygen atoms in total. The van der Waals surface area contributed by atoms with Gasteiger partial charge in [-0.05, 0) is 41.8 Å². The molecule has 2 rings (SSSR count). The lowest BCUT2D eigenvalue weighted by atomic mass is 10.1. The molecule has 0 unspecified atom stereocenters. The van der Waals surface area contributed by atoms with Gasteiger partial charge in [0.1, 0.15) is 5.82 Å². The highest BCUT2D eigenvalue weighted by atomic mass is 127. The van der Waals surface area contributed by atoms with E-state index in [1.807, 2.05) is 6.07 Å². The second kappa shape index (κ2) is 12.6. The highest BCUT2D eigenvalue weighted by Crippen LogP contribution is 2.09. The van der Waals surface area contributed by atoms with Crippen LogP contribution < -0.4 is 15.8 Å². The van der Waals surface area contributed by atoms with Crippen molar-refractivity contribution in [1.82, 2.24) is 15.5 Å². The zero-order valence-electron chi connectivity index (χ0n) is 17.3. The fraction of sp³-hybridized carbons (Fsp3) is 0.300. The fourth-order valence-corrected chi connectivity index (χ4v) is 2.98. The molecule has 2 aromatic rings. The van der Waals surface area contributed by atoms with Crippen molar-refractivity contribution in [1.29, 1.82) is 0 Å². The number of nitrogens with zero attached hydrogens (tertiary/aromatic N) is 2. The molecule has 0 heterocycles. The van der Waals surface area contributed by atoms with Crippen LogP contribution in [0.5, 0.6) is 0 Å². The van der Waals surface area contributed by atoms with Gasteiger partial charge in [0.15, 0.2) is 5.96 Å². The largest absolute Gasteiger partial charge is 0.356 e. The van der Waals surface area contributed by atoms with Crippen molar-refractivity contribution in [3.8, 4) is 0 Å². The molecule has 0 spiro atoms. The number of primary sulfonamides is 1. The molecule has 0 saturated heterocycles. The molecule has 0 bridgehead atoms. The van der Waals surface area contributed by atoms with Gasteiger partial charge in [-0.25, -0.2) is 22.9 Å². The van der Waals surface area contributed by atoms with Gasteiger partial charge in [-0.2, -0.15) is 0 Å². The fourth-order valence-electron chi connectivity index (χ4n) is 2.46. The Hall–Kier alpha value is -2.25. The van der Waals surface area contributed by atoms with E-state index in [4.69, 9.17) is 5.14 Å². The van der Waals surface area contributed by atoms with Crippen molar-refractivity contribution in [2.45, 2.75) is 17.9 Å². The maximum atomic E-state index is 13.3. The number of halogens is 2. The predicted molar refractivity (Wildman–Crippen MR) is 129 cm³/mol. The summed E-state index contributed by atoms with van der Waals surface area (Å²) in [5, 5.41) is 11.2. The van der Waals surface area contributed by atoms with Crippen LogP contribution in [0.4, 0.5) is 4.39 Å². The van der Waals surface area contributed by atoms with Crippen LogP contribution in [0, 0.1) is 5.82 Å². The van der Waals surface area contributed by atoms with Crippen molar-refractivity contribution >= 4 is 45.9 Å². The first-order valence-electron chi connectivity index (χ1n) is 9.23. The number of rotatable bonds is 8. The van der Waals surface area contributed by atoms with Gasteiger partial charge in [0, 0.05) is 20.6 Å². The summed E-state index contributed by atoms with van der Waals surface area (Å²) in [5.41, 5.74) is 1.61. The Kier molecular flexibility index (Phi) is 10.9. The lowest BCUT2D eigenvalue weighted by Gasteiger charge is -2.15. The predicted octanol–water partition coefficient (Wildman–Crippen LogP) is 1.46. The molecular weight excluding hydrogens is 536 g/mol. The quantitative estimate of drug-likeness (QED) is 0.256. The van der Waals surface area contributed by atoms with Crippen LogP contribution in [0.1, 0.15) is 11.1 Å². The summed E-state index contributed by atoms with van der Waals surface area (Å²) in [7, 11) is -0.432. The SMILES string of the molecule is CN(C)C(=O)CNC(=NCc1ccc(S(N)(=O)=O)cc1)NCCc1cccc(F)c1.I. The molecule has 0 atom stereocenters. The first kappa shape index (κ1) is 26.8. The molecule has 0 aliphatic rings. The smallest absolute Gasteiger partial charge is 0.241 e. The van der Waals surface area contributed by atoms with E-state index in [0.717, 1.165) is 11.1 Å². The zero-order chi connectivity index (χ0) is 22.1. The number of nitrogens with one attached hydrogen (secondary N) is 2. The summed E-state index contributed by atoms with van der Waals surface area (Å²) in [6.45, 7) is 0.801. The van der Waals surface area contributed by atoms with Gasteiger partial charge in [-0.1, -0.05) is 24.3 Å². The van der Waals surface area contributed by atoms with E-state index in [0.29, 0.717) is 18.9 Å². The standard InChI is InChI=1S/C20H26FN5O3S.HI/c1-26(2)19(27)14-25-20(23-11-10-15-4-3-5-17(21)12-15)24-13-16-6-8-18(9-7-16)30(22,28)29;/h3-9,12H,10-11,13-14H2,1-2H3,(H2,22,28,29)(H2,23,24,25);1H. The van der Waals surface area contributed by atoms with Crippen LogP contribution in [0.2, 0.25) is 0 Å². The van der Waals surface area contributed by atoms with Crippen LogP contribution >= 0.6 is 24.0 Å². The molecule has 0 aliphatic heterocycles. The van der Waals surface area contributed by atoms with E-state index in [9.17, 15) is 17.6 Å². The molecule has 0 saturated carbocycles. The average molecular weight is 563 g/mol. The molecule has 0 aliphatic carbocycles. The summed E-state index contributed by atoms with van der Waals surface area (Å²) in [6.07, 6.45) is 0.573. The Labute approximate surface area is 199 Å². The second-order valence-electron chi connectivity index (χ2n) is 6.80. The minimum absolute atomic E-state index is 0. The molecule has 1 amide bonds. The summed E-state index contributed by atoms with van der Waals surface area (Å²) >= 11 is 0. The minimum atomic E-state index is -3.75. The molecule has 0 aromatic heterocycles. The van der Waals surface area contributed by atoms with Crippen molar-refractivity contribution in [3.05, 3.63) is 65.5 Å². The number of benzene rings is 2. The van der Waals surface area contributed by atoms with Crippen molar-refractivity contribution < 1.29 is 17.6 Å². The van der Waals surface area contributed by atoms with E-state index in [1.54, 1.807) is 32.3 Å². The number of likely N-dealkylation sites (N-methyl/N-ethyl adjacent to an activating group) is 1. The zero-order valence-corrected chi connectivity index (χ0v) is 20.5. The van der Waals surface area contributed by atoms with Gasteiger partial charge in [0.05, 0.1) is 18.0 Å². The van der Waals surface area contributed by atoms with Crippen LogP contribution in [-0.4, -0.2) is 52.4 Å². The molecule has 4 N–H and O–H groups in total. The number of carbonyl (C=O) groups excluding carboxylic acids is 1. The van der Waals surface area contributed by atoms with Crippen LogP contribution in [0.25, 0.3) is 0 Å². The average Bonchev–Trinajstić information content (AvgIpc) is 2.69. The number of sulfonamides is 1. The van der Waals surface area contributed by atoms with E-state index in [-0.39, 0.29) is 53.7 Å². The van der Waals surface area contributed by atoms with Gasteiger partial charge in [0.2, 0.25) is 15.9 Å². The van der Waals surface area contributed by atoms with Crippen LogP contribution in [-0.2, 0) is 27.8 Å². The van der Waals surface area contributed by atoms with E-state index >= 15 is 0 Å². The maximum Gasteiger partial charge on any atom is 0.241 e. The first-order chi connectivity index (χ1) is 14.1. The Morgan fingerprint density at radius 1 is 1.10 bits per heavy atom. The van der Waals surface area contributed by atoms with Crippen molar-refractivity contribution in [3.63, 3.8) is 0 Å². The summed E-state index contributed by atoms with van der Waals surface area (Å²) < 4.78 is 36.0. The van der Waals surface area contributed by atoms with Crippen LogP contribution in [0.15, 0.2) is 58.4 Å². The number of hydrogen-bond donors (Lipinski definition) is 3. The van der Waals surface area contributed by atoms with Gasteiger partial charge >= 0.3 is 0 Å². The molecule has 0 fully saturated rings. The summed E-state index contributed by atoms with van der Waals surface area (Å²) in [4.78, 5) is 17.8. The maximum absolute atomic E-state index is 13.3. The Balaban J connectivity index is 0.00000480. The van der Waals surface area contributed by atoms with Gasteiger partial charge in [-0.15, -0.1) is 24.0 Å². The lowest BCUT2D eigenvalue weighted by Crippen LogP contribution is -2.43. The minimum Gasteiger partial charge on any atom is -0.356 e. The lowest BCUT2D eigenvalue weighted by molar-refractivity contribution is -0.127. The van der Waals surface area contributed by atoms with E-state index < -0.39 is 10.0 Å². The van der Waals surface area contributed by atoms with Crippen molar-refractivity contribution in [2.24, 2.45) is 10.1 Å². The molecule has 170 valence electrons. The van der Waals surface area contributed by atoms with E-state index in [1.165, 1.54) is 29.2 Å². The highest BCUT2D eigenvalue weighted by Gasteiger charge is 2.08. The molecule has 11 heteroatoms. The normalized spacial score (nSPS) is 11.4. The third-order valence-electron chi connectivity index (χ3n) is 4.17. The number of nitrogens with two attached hydrogens (primary N) is 1. The topological polar surface area (TPSA) is 117 Å². The molecular formula is C20H27FIN5O3S. The van der Waals surface area contributed by atoms with Gasteiger partial charge < -0.3 is 15.5 Å². The van der Waals surface area contributed by atoms with Crippen LogP contribution in [0.3, 0.4) is 0 Å². The second-order valence-corrected chi connectivity index (χ2v) is 8.36. The highest BCUT2D eigenvalue weighted by molar-refractivity contribution is 14.0. The molecule has 0 radical (unpaired) electrons. The number of carbonyl (C=O) groups is 1. The van der Waals surface area contributed by atoms with Crippen molar-refractivity contribution in [2.75, 3.05) is 27.2 Å². The Morgan fingerprint density at radius 2 is 1.77 bits per heavy atom. The Morgan fingerprint density at radius 3 is 2.35 bits per heavy atom. The molecule has 2 aromatic carbocycles. The number of amides is 1. The summed E-state index contributed by atoms with van der Waals surface area (Å²) in [6, 6.07) is 12.4. The monoisotopic (exact) mass is 563 g/mol. The van der Waals surface area contributed by atoms with E-state index in [2.05, 4.69) is 15.6 Å². The van der Waals surface area contributed by atoms with Gasteiger partial charge in [-0.3, -0.25) is 4.79 Å². The third kappa shape index (κ3) is 9.61. The summed E-state index contributed by atoms with van der Waals surface area (Å²) in [5.74, 6) is 0.00305. The first-order valence-corrected chi connectivity index (χ1v) is 10.8.